The summed E-state index contributed by atoms with van der Waals surface area (Å²) < 4.78 is 0. The summed E-state index contributed by atoms with van der Waals surface area (Å²) in [6.07, 6.45) is 12.7. The first-order valence-corrected chi connectivity index (χ1v) is 11.0. The van der Waals surface area contributed by atoms with Crippen LogP contribution in [0.4, 0.5) is 0 Å². The third kappa shape index (κ3) is 2.24. The number of rotatable bonds is 2. The Kier molecular flexibility index (Phi) is 4.14. The van der Waals surface area contributed by atoms with Crippen LogP contribution in [0.2, 0.25) is 0 Å². The van der Waals surface area contributed by atoms with Crippen LogP contribution in [-0.4, -0.2) is 6.29 Å². The predicted octanol–water partition coefficient (Wildman–Crippen LogP) is 6.74. The van der Waals surface area contributed by atoms with Gasteiger partial charge in [-0.25, -0.2) is 0 Å². The number of hydrogen-bond acceptors (Lipinski definition) is 1. The second-order valence-electron chi connectivity index (χ2n) is 11.1. The molecule has 26 heavy (non-hydrogen) atoms. The Balaban J connectivity index is 1.75. The van der Waals surface area contributed by atoms with Gasteiger partial charge in [0.1, 0.15) is 6.29 Å². The van der Waals surface area contributed by atoms with Crippen molar-refractivity contribution in [3.63, 3.8) is 0 Å². The molecule has 0 heterocycles. The van der Waals surface area contributed by atoms with Gasteiger partial charge in [0, 0.05) is 5.92 Å². The van der Waals surface area contributed by atoms with Crippen LogP contribution in [0.5, 0.6) is 0 Å². The average Bonchev–Trinajstić information content (AvgIpc) is 2.95. The lowest BCUT2D eigenvalue weighted by Crippen LogP contribution is -2.50. The van der Waals surface area contributed by atoms with E-state index in [1.807, 2.05) is 5.57 Å². The van der Waals surface area contributed by atoms with Crippen molar-refractivity contribution in [2.24, 2.45) is 39.9 Å². The summed E-state index contributed by atoms with van der Waals surface area (Å²) in [5, 5.41) is 0. The molecule has 0 aromatic heterocycles. The predicted molar refractivity (Wildman–Crippen MR) is 109 cm³/mol. The van der Waals surface area contributed by atoms with Crippen molar-refractivity contribution in [2.45, 2.75) is 86.5 Å². The van der Waals surface area contributed by atoms with Crippen LogP contribution in [0.3, 0.4) is 0 Å². The molecule has 144 valence electrons. The summed E-state index contributed by atoms with van der Waals surface area (Å²) >= 11 is 0. The van der Waals surface area contributed by atoms with E-state index in [9.17, 15) is 4.79 Å². The van der Waals surface area contributed by atoms with Gasteiger partial charge in [0.25, 0.3) is 0 Å². The number of hydrogen-bond donors (Lipinski definition) is 0. The van der Waals surface area contributed by atoms with E-state index in [1.165, 1.54) is 44.8 Å². The highest BCUT2D eigenvalue weighted by atomic mass is 16.1. The molecule has 0 N–H and O–H groups in total. The van der Waals surface area contributed by atoms with E-state index >= 15 is 0 Å². The summed E-state index contributed by atoms with van der Waals surface area (Å²) in [4.78, 5) is 11.5. The van der Waals surface area contributed by atoms with Gasteiger partial charge in [-0.15, -0.1) is 0 Å². The highest BCUT2D eigenvalue weighted by Crippen LogP contribution is 2.67. The lowest BCUT2D eigenvalue weighted by molar-refractivity contribution is -0.113. The van der Waals surface area contributed by atoms with Gasteiger partial charge in [-0.3, -0.25) is 0 Å². The van der Waals surface area contributed by atoms with Crippen LogP contribution in [-0.2, 0) is 4.79 Å². The van der Waals surface area contributed by atoms with Crippen LogP contribution in [0.15, 0.2) is 22.8 Å². The number of allylic oxidation sites excluding steroid dienone is 4. The Bertz CT molecular complexity index is 680. The minimum absolute atomic E-state index is 0.178. The van der Waals surface area contributed by atoms with Crippen LogP contribution >= 0.6 is 0 Å². The Morgan fingerprint density at radius 3 is 2.50 bits per heavy atom. The monoisotopic (exact) mass is 354 g/mol. The largest absolute Gasteiger partial charge is 0.303 e. The van der Waals surface area contributed by atoms with Gasteiger partial charge in [0.05, 0.1) is 0 Å². The number of carbonyl (C=O) groups excluding carboxylic acids is 1. The van der Waals surface area contributed by atoms with Crippen LogP contribution in [0.1, 0.15) is 86.5 Å². The first kappa shape index (κ1) is 18.5. The molecule has 1 fully saturated rings. The minimum atomic E-state index is 0.178. The molecule has 0 saturated heterocycles. The molecule has 4 rings (SSSR count). The fourth-order valence-corrected chi connectivity index (χ4v) is 7.80. The SMILES string of the molecule is CC(C=O)C1CC=C2C3=C(CCC21C)C1(C)CCC(C)C(C)(C)C1CC3. The standard InChI is InChI=1S/C25H38O/c1-16(15-26)19-8-9-20-18-7-10-22-23(3,4)17(2)11-13-25(22,6)21(18)12-14-24(19,20)5/h9,15-17,19,22H,7-8,10-14H2,1-6H3. The van der Waals surface area contributed by atoms with Gasteiger partial charge >= 0.3 is 0 Å². The number of carbonyl (C=O) groups is 1. The van der Waals surface area contributed by atoms with E-state index in [0.717, 1.165) is 18.3 Å². The molecule has 0 bridgehead atoms. The van der Waals surface area contributed by atoms with Crippen molar-refractivity contribution >= 4 is 6.29 Å². The quantitative estimate of drug-likeness (QED) is 0.502. The fourth-order valence-electron chi connectivity index (χ4n) is 7.80. The van der Waals surface area contributed by atoms with Crippen LogP contribution < -0.4 is 0 Å². The molecule has 0 amide bonds. The third-order valence-corrected chi connectivity index (χ3v) is 9.85. The molecule has 0 aromatic rings. The molecule has 1 nitrogen and oxygen atoms in total. The van der Waals surface area contributed by atoms with Gasteiger partial charge in [-0.1, -0.05) is 53.2 Å². The molecule has 0 aromatic carbocycles. The van der Waals surface area contributed by atoms with Gasteiger partial charge < -0.3 is 4.79 Å². The van der Waals surface area contributed by atoms with Crippen molar-refractivity contribution < 1.29 is 4.79 Å². The van der Waals surface area contributed by atoms with Crippen LogP contribution in [0, 0.1) is 39.9 Å². The zero-order chi connectivity index (χ0) is 18.9. The number of aldehydes is 1. The van der Waals surface area contributed by atoms with Crippen molar-refractivity contribution in [1.29, 1.82) is 0 Å². The highest BCUT2D eigenvalue weighted by Gasteiger charge is 2.56. The lowest BCUT2D eigenvalue weighted by atomic mass is 9.45. The maximum absolute atomic E-state index is 11.5. The normalized spacial score (nSPS) is 45.3. The summed E-state index contributed by atoms with van der Waals surface area (Å²) in [5.74, 6) is 2.35. The van der Waals surface area contributed by atoms with E-state index in [0.29, 0.717) is 16.7 Å². The summed E-state index contributed by atoms with van der Waals surface area (Å²) in [7, 11) is 0. The highest BCUT2D eigenvalue weighted by molar-refractivity contribution is 5.57. The topological polar surface area (TPSA) is 17.1 Å². The van der Waals surface area contributed by atoms with Gasteiger partial charge in [-0.05, 0) is 90.1 Å². The van der Waals surface area contributed by atoms with Crippen LogP contribution in [0.25, 0.3) is 0 Å². The Morgan fingerprint density at radius 2 is 1.81 bits per heavy atom. The van der Waals surface area contributed by atoms with Crippen molar-refractivity contribution in [3.05, 3.63) is 22.8 Å². The Morgan fingerprint density at radius 1 is 1.08 bits per heavy atom. The van der Waals surface area contributed by atoms with E-state index in [-0.39, 0.29) is 11.3 Å². The van der Waals surface area contributed by atoms with E-state index in [4.69, 9.17) is 0 Å². The Labute approximate surface area is 160 Å². The molecule has 0 radical (unpaired) electrons. The summed E-state index contributed by atoms with van der Waals surface area (Å²) in [5.41, 5.74) is 6.28. The second kappa shape index (κ2) is 5.82. The lowest BCUT2D eigenvalue weighted by Gasteiger charge is -2.59. The molecule has 0 aliphatic heterocycles. The first-order chi connectivity index (χ1) is 12.2. The summed E-state index contributed by atoms with van der Waals surface area (Å²) in [6, 6.07) is 0. The van der Waals surface area contributed by atoms with Gasteiger partial charge in [-0.2, -0.15) is 0 Å². The molecule has 6 unspecified atom stereocenters. The van der Waals surface area contributed by atoms with Gasteiger partial charge in [0.15, 0.2) is 0 Å². The second-order valence-corrected chi connectivity index (χ2v) is 11.1. The average molecular weight is 355 g/mol. The van der Waals surface area contributed by atoms with E-state index in [1.54, 1.807) is 11.1 Å². The maximum atomic E-state index is 11.5. The molecule has 4 aliphatic carbocycles. The van der Waals surface area contributed by atoms with E-state index in [2.05, 4.69) is 47.6 Å². The molecule has 4 aliphatic rings. The molecular weight excluding hydrogens is 316 g/mol. The van der Waals surface area contributed by atoms with E-state index < -0.39 is 0 Å². The van der Waals surface area contributed by atoms with Crippen molar-refractivity contribution in [3.8, 4) is 0 Å². The molecular formula is C25H38O. The molecule has 6 atom stereocenters. The zero-order valence-electron chi connectivity index (χ0n) is 17.8. The zero-order valence-corrected chi connectivity index (χ0v) is 17.8. The Hall–Kier alpha value is -0.850. The third-order valence-electron chi connectivity index (χ3n) is 9.85. The maximum Gasteiger partial charge on any atom is 0.123 e. The van der Waals surface area contributed by atoms with Gasteiger partial charge in [0.2, 0.25) is 0 Å². The van der Waals surface area contributed by atoms with Crippen molar-refractivity contribution in [2.75, 3.05) is 0 Å². The molecule has 1 saturated carbocycles. The molecule has 0 spiro atoms. The number of fused-ring (bicyclic) bond motifs is 4. The molecule has 1 heteroatoms. The smallest absolute Gasteiger partial charge is 0.123 e. The summed E-state index contributed by atoms with van der Waals surface area (Å²) in [6.45, 7) is 14.7. The fraction of sp³-hybridized carbons (Fsp3) is 0.800. The first-order valence-electron chi connectivity index (χ1n) is 11.0. The van der Waals surface area contributed by atoms with Crippen molar-refractivity contribution in [1.82, 2.24) is 0 Å². The minimum Gasteiger partial charge on any atom is -0.303 e.